The summed E-state index contributed by atoms with van der Waals surface area (Å²) in [6.07, 6.45) is -1.59. The largest absolute Gasteiger partial charge is 0.457 e. The third-order valence-electron chi connectivity index (χ3n) is 8.79. The number of halogens is 3. The van der Waals surface area contributed by atoms with E-state index in [0.717, 1.165) is 61.0 Å². The molecule has 0 saturated carbocycles. The molecule has 1 atom stereocenters. The number of pyridine rings is 1. The van der Waals surface area contributed by atoms with Crippen LogP contribution in [-0.4, -0.2) is 79.1 Å². The number of rotatable bonds is 8. The van der Waals surface area contributed by atoms with Crippen molar-refractivity contribution in [3.8, 4) is 11.5 Å². The summed E-state index contributed by atoms with van der Waals surface area (Å²) in [7, 11) is 2.09. The number of hydrogen-bond acceptors (Lipinski definition) is 6. The van der Waals surface area contributed by atoms with Crippen molar-refractivity contribution >= 4 is 5.69 Å². The average Bonchev–Trinajstić information content (AvgIpc) is 3.27. The van der Waals surface area contributed by atoms with E-state index in [1.54, 1.807) is 18.3 Å². The number of likely N-dealkylation sites (N-methyl/N-ethyl adjacent to an activating group) is 1. The predicted octanol–water partition coefficient (Wildman–Crippen LogP) is 6.94. The van der Waals surface area contributed by atoms with Crippen LogP contribution in [0, 0.1) is 0 Å². The van der Waals surface area contributed by atoms with Gasteiger partial charge in [-0.15, -0.1) is 0 Å². The second kappa shape index (κ2) is 14.0. The quantitative estimate of drug-likeness (QED) is 0.214. The van der Waals surface area contributed by atoms with Crippen molar-refractivity contribution in [2.45, 2.75) is 25.2 Å². The normalized spacial score (nSPS) is 18.0. The molecule has 3 aromatic carbocycles. The smallest absolute Gasteiger partial charge is 0.416 e. The molecule has 2 saturated heterocycles. The van der Waals surface area contributed by atoms with E-state index in [-0.39, 0.29) is 12.6 Å². The number of hydrogen-bond donors (Lipinski definition) is 0. The van der Waals surface area contributed by atoms with E-state index in [1.165, 1.54) is 6.07 Å². The maximum absolute atomic E-state index is 14.1. The van der Waals surface area contributed by atoms with Gasteiger partial charge < -0.3 is 14.5 Å². The Kier molecular flexibility index (Phi) is 9.68. The number of para-hydroxylation sites is 1. The van der Waals surface area contributed by atoms with Gasteiger partial charge in [0, 0.05) is 64.2 Å². The van der Waals surface area contributed by atoms with Gasteiger partial charge in [-0.05, 0) is 85.7 Å². The van der Waals surface area contributed by atoms with E-state index in [0.29, 0.717) is 31.7 Å². The van der Waals surface area contributed by atoms with E-state index in [9.17, 15) is 13.2 Å². The number of anilines is 1. The van der Waals surface area contributed by atoms with E-state index in [4.69, 9.17) is 9.72 Å². The molecule has 1 unspecified atom stereocenters. The molecule has 9 heteroatoms. The topological polar surface area (TPSA) is 35.1 Å². The van der Waals surface area contributed by atoms with Crippen LogP contribution in [0.3, 0.4) is 0 Å². The molecule has 2 aliphatic rings. The van der Waals surface area contributed by atoms with Gasteiger partial charge in [0.05, 0.1) is 17.3 Å². The third-order valence-corrected chi connectivity index (χ3v) is 8.79. The van der Waals surface area contributed by atoms with Crippen LogP contribution in [0.2, 0.25) is 0 Å². The number of alkyl halides is 3. The summed E-state index contributed by atoms with van der Waals surface area (Å²) in [4.78, 5) is 13.7. The molecule has 0 N–H and O–H groups in total. The lowest BCUT2D eigenvalue weighted by Gasteiger charge is -2.39. The Morgan fingerprint density at radius 1 is 0.756 bits per heavy atom. The van der Waals surface area contributed by atoms with Gasteiger partial charge in [0.25, 0.3) is 0 Å². The molecule has 3 heterocycles. The highest BCUT2D eigenvalue weighted by Gasteiger charge is 2.35. The Bertz CT molecular complexity index is 1510. The van der Waals surface area contributed by atoms with E-state index >= 15 is 0 Å². The molecule has 2 fully saturated rings. The summed E-state index contributed by atoms with van der Waals surface area (Å²) >= 11 is 0. The van der Waals surface area contributed by atoms with Crippen molar-refractivity contribution in [2.75, 3.05) is 64.3 Å². The molecule has 6 rings (SSSR count). The fourth-order valence-corrected chi connectivity index (χ4v) is 6.36. The lowest BCUT2D eigenvalue weighted by molar-refractivity contribution is -0.138. The number of piperazine rings is 1. The second-order valence-electron chi connectivity index (χ2n) is 11.9. The van der Waals surface area contributed by atoms with Gasteiger partial charge in [-0.25, -0.2) is 0 Å². The minimum Gasteiger partial charge on any atom is -0.457 e. The summed E-state index contributed by atoms with van der Waals surface area (Å²) in [6, 6.07) is 28.3. The Morgan fingerprint density at radius 3 is 2.20 bits per heavy atom. The van der Waals surface area contributed by atoms with Gasteiger partial charge >= 0.3 is 6.18 Å². The number of ether oxygens (including phenoxy) is 1. The molecule has 1 aromatic heterocycles. The van der Waals surface area contributed by atoms with Crippen LogP contribution in [-0.2, 0) is 12.7 Å². The highest BCUT2D eigenvalue weighted by Crippen LogP contribution is 2.36. The summed E-state index contributed by atoms with van der Waals surface area (Å²) in [5.41, 5.74) is 2.73. The van der Waals surface area contributed by atoms with Gasteiger partial charge in [0.15, 0.2) is 0 Å². The van der Waals surface area contributed by atoms with Crippen LogP contribution in [0.5, 0.6) is 11.5 Å². The minimum absolute atomic E-state index is 0.0747. The van der Waals surface area contributed by atoms with E-state index < -0.39 is 11.7 Å². The van der Waals surface area contributed by atoms with Crippen molar-refractivity contribution in [1.82, 2.24) is 19.7 Å². The van der Waals surface area contributed by atoms with Crippen molar-refractivity contribution < 1.29 is 17.9 Å². The Morgan fingerprint density at radius 2 is 1.49 bits per heavy atom. The zero-order valence-electron chi connectivity index (χ0n) is 25.7. The molecule has 0 aliphatic carbocycles. The van der Waals surface area contributed by atoms with Gasteiger partial charge in [-0.1, -0.05) is 36.4 Å². The lowest BCUT2D eigenvalue weighted by Crippen LogP contribution is -2.47. The average molecular weight is 616 g/mol. The van der Waals surface area contributed by atoms with Crippen LogP contribution in [0.4, 0.5) is 18.9 Å². The molecule has 0 spiro atoms. The van der Waals surface area contributed by atoms with Gasteiger partial charge in [-0.2, -0.15) is 13.2 Å². The highest BCUT2D eigenvalue weighted by atomic mass is 19.4. The fraction of sp³-hybridized carbons (Fsp3) is 0.361. The summed E-state index contributed by atoms with van der Waals surface area (Å²) in [6.45, 7) is 6.58. The number of aromatic nitrogens is 1. The molecule has 236 valence electrons. The van der Waals surface area contributed by atoms with Crippen molar-refractivity contribution in [1.29, 1.82) is 0 Å². The fourth-order valence-electron chi connectivity index (χ4n) is 6.36. The van der Waals surface area contributed by atoms with Gasteiger partial charge in [0.1, 0.15) is 11.5 Å². The van der Waals surface area contributed by atoms with Gasteiger partial charge in [0.2, 0.25) is 0 Å². The van der Waals surface area contributed by atoms with Crippen molar-refractivity contribution in [2.24, 2.45) is 0 Å². The first-order valence-electron chi connectivity index (χ1n) is 15.7. The minimum atomic E-state index is -4.39. The van der Waals surface area contributed by atoms with Crippen LogP contribution in [0.15, 0.2) is 97.2 Å². The first-order valence-corrected chi connectivity index (χ1v) is 15.7. The van der Waals surface area contributed by atoms with Crippen molar-refractivity contribution in [3.05, 3.63) is 120 Å². The lowest BCUT2D eigenvalue weighted by atomic mass is 9.99. The molecule has 6 nitrogen and oxygen atoms in total. The monoisotopic (exact) mass is 615 g/mol. The van der Waals surface area contributed by atoms with Crippen LogP contribution >= 0.6 is 0 Å². The Labute approximate surface area is 263 Å². The van der Waals surface area contributed by atoms with Crippen molar-refractivity contribution in [3.63, 3.8) is 0 Å². The number of nitrogens with zero attached hydrogens (tertiary/aromatic N) is 5. The molecule has 0 amide bonds. The molecular weight excluding hydrogens is 575 g/mol. The molecular formula is C36H40F3N5O. The maximum Gasteiger partial charge on any atom is 0.416 e. The number of benzene rings is 3. The van der Waals surface area contributed by atoms with Crippen LogP contribution in [0.1, 0.15) is 34.8 Å². The first-order chi connectivity index (χ1) is 21.8. The second-order valence-corrected chi connectivity index (χ2v) is 11.9. The first kappa shape index (κ1) is 31.1. The highest BCUT2D eigenvalue weighted by molar-refractivity contribution is 5.52. The standard InChI is InChI=1S/C36H40F3N5O/c1-41-18-7-19-43(23-20-41)30-13-16-33(36(37,38)39)29(26-30)27-42-21-24-44(25-22-42)35(34-10-5-6-17-40-34)28-11-14-32(15-12-28)45-31-8-3-2-4-9-31/h2-6,8-17,26,35H,7,18-25,27H2,1H3. The third kappa shape index (κ3) is 7.84. The SMILES string of the molecule is CN1CCCN(c2ccc(C(F)(F)F)c(CN3CCN(C(c4ccc(Oc5ccccc5)cc4)c4ccccn4)CC3)c2)CC1. The Hall–Kier alpha value is -3.92. The molecule has 2 aliphatic heterocycles. The molecule has 45 heavy (non-hydrogen) atoms. The van der Waals surface area contributed by atoms with Gasteiger partial charge in [-0.3, -0.25) is 14.8 Å². The summed E-state index contributed by atoms with van der Waals surface area (Å²) < 4.78 is 48.4. The zero-order valence-corrected chi connectivity index (χ0v) is 25.7. The predicted molar refractivity (Wildman–Crippen MR) is 172 cm³/mol. The molecule has 4 aromatic rings. The summed E-state index contributed by atoms with van der Waals surface area (Å²) in [5, 5.41) is 0. The summed E-state index contributed by atoms with van der Waals surface area (Å²) in [5.74, 6) is 1.53. The van der Waals surface area contributed by atoms with E-state index in [1.807, 2.05) is 60.7 Å². The Balaban J connectivity index is 1.17. The molecule has 0 radical (unpaired) electrons. The molecule has 0 bridgehead atoms. The zero-order chi connectivity index (χ0) is 31.2. The van der Waals surface area contributed by atoms with E-state index in [2.05, 4.69) is 38.8 Å². The van der Waals surface area contributed by atoms with Crippen LogP contribution < -0.4 is 9.64 Å². The van der Waals surface area contributed by atoms with Crippen LogP contribution in [0.25, 0.3) is 0 Å². The maximum atomic E-state index is 14.1.